The van der Waals surface area contributed by atoms with Gasteiger partial charge in [-0.05, 0) is 31.5 Å². The number of fused-ring (bicyclic) bond motifs is 1. The van der Waals surface area contributed by atoms with Crippen LogP contribution >= 0.6 is 0 Å². The van der Waals surface area contributed by atoms with Gasteiger partial charge >= 0.3 is 0 Å². The van der Waals surface area contributed by atoms with Crippen molar-refractivity contribution in [3.63, 3.8) is 0 Å². The summed E-state index contributed by atoms with van der Waals surface area (Å²) in [6.07, 6.45) is 0.664. The molecule has 3 N–H and O–H groups in total. The Kier molecular flexibility index (Phi) is 2.44. The molecular weight excluding hydrogens is 198 g/mol. The van der Waals surface area contributed by atoms with E-state index in [1.165, 1.54) is 12.1 Å². The summed E-state index contributed by atoms with van der Waals surface area (Å²) in [7, 11) is 0. The van der Waals surface area contributed by atoms with Gasteiger partial charge in [-0.1, -0.05) is 0 Å². The highest BCUT2D eigenvalue weighted by atomic mass is 19.2. The van der Waals surface area contributed by atoms with Crippen molar-refractivity contribution >= 4 is 10.9 Å². The first-order valence-corrected chi connectivity index (χ1v) is 4.79. The summed E-state index contributed by atoms with van der Waals surface area (Å²) in [5.41, 5.74) is 7.97. The van der Waals surface area contributed by atoms with Crippen molar-refractivity contribution in [3.05, 3.63) is 35.0 Å². The minimum Gasteiger partial charge on any atom is -0.358 e. The van der Waals surface area contributed by atoms with Crippen molar-refractivity contribution < 1.29 is 8.78 Å². The van der Waals surface area contributed by atoms with Crippen LogP contribution < -0.4 is 5.73 Å². The predicted molar refractivity (Wildman–Crippen MR) is 55.7 cm³/mol. The van der Waals surface area contributed by atoms with Gasteiger partial charge in [0.1, 0.15) is 0 Å². The Morgan fingerprint density at radius 3 is 2.60 bits per heavy atom. The molecule has 0 spiro atoms. The normalized spacial score (nSPS) is 11.2. The Hall–Kier alpha value is -1.42. The second-order valence-corrected chi connectivity index (χ2v) is 3.58. The van der Waals surface area contributed by atoms with Crippen molar-refractivity contribution in [2.24, 2.45) is 5.73 Å². The van der Waals surface area contributed by atoms with E-state index in [0.29, 0.717) is 18.5 Å². The number of nitrogens with one attached hydrogen (secondary N) is 1. The minimum atomic E-state index is -0.831. The van der Waals surface area contributed by atoms with Gasteiger partial charge in [-0.25, -0.2) is 8.78 Å². The zero-order chi connectivity index (χ0) is 11.0. The molecule has 2 nitrogen and oxygen atoms in total. The molecule has 1 heterocycles. The first-order chi connectivity index (χ1) is 7.13. The molecule has 80 valence electrons. The molecule has 15 heavy (non-hydrogen) atoms. The lowest BCUT2D eigenvalue weighted by molar-refractivity contribution is 0.511. The largest absolute Gasteiger partial charge is 0.358 e. The topological polar surface area (TPSA) is 41.8 Å². The van der Waals surface area contributed by atoms with Crippen molar-refractivity contribution in [3.8, 4) is 0 Å². The number of nitrogens with two attached hydrogens (primary N) is 1. The van der Waals surface area contributed by atoms with Crippen LogP contribution in [0.4, 0.5) is 8.78 Å². The number of aryl methyl sites for hydroxylation is 1. The highest BCUT2D eigenvalue weighted by Gasteiger charge is 2.11. The molecule has 0 amide bonds. The van der Waals surface area contributed by atoms with E-state index in [0.717, 1.165) is 16.6 Å². The second-order valence-electron chi connectivity index (χ2n) is 3.58. The van der Waals surface area contributed by atoms with Gasteiger partial charge in [-0.2, -0.15) is 0 Å². The van der Waals surface area contributed by atoms with Crippen LogP contribution in [0.15, 0.2) is 12.1 Å². The fraction of sp³-hybridized carbons (Fsp3) is 0.273. The molecule has 0 aliphatic carbocycles. The summed E-state index contributed by atoms with van der Waals surface area (Å²) in [4.78, 5) is 3.02. The number of hydrogen-bond donors (Lipinski definition) is 2. The molecule has 0 atom stereocenters. The molecule has 0 saturated heterocycles. The molecule has 0 aliphatic heterocycles. The molecule has 1 aromatic carbocycles. The summed E-state index contributed by atoms with van der Waals surface area (Å²) >= 11 is 0. The van der Waals surface area contributed by atoms with Gasteiger partial charge in [0.05, 0.1) is 0 Å². The van der Waals surface area contributed by atoms with Crippen molar-refractivity contribution in [1.82, 2.24) is 4.98 Å². The maximum Gasteiger partial charge on any atom is 0.160 e. The minimum absolute atomic E-state index is 0.493. The number of hydrogen-bond acceptors (Lipinski definition) is 1. The smallest absolute Gasteiger partial charge is 0.160 e. The molecule has 0 aliphatic rings. The molecule has 2 rings (SSSR count). The quantitative estimate of drug-likeness (QED) is 0.784. The zero-order valence-electron chi connectivity index (χ0n) is 8.40. The lowest BCUT2D eigenvalue weighted by atomic mass is 10.1. The number of rotatable bonds is 2. The van der Waals surface area contributed by atoms with Crippen LogP contribution in [0.25, 0.3) is 10.9 Å². The van der Waals surface area contributed by atoms with E-state index in [2.05, 4.69) is 4.98 Å². The predicted octanol–water partition coefficient (Wildman–Crippen LogP) is 2.26. The third kappa shape index (κ3) is 1.61. The summed E-state index contributed by atoms with van der Waals surface area (Å²) < 4.78 is 26.0. The van der Waals surface area contributed by atoms with Gasteiger partial charge < -0.3 is 10.7 Å². The molecule has 0 unspecified atom stereocenters. The Bertz CT molecular complexity index is 503. The third-order valence-corrected chi connectivity index (χ3v) is 2.55. The van der Waals surface area contributed by atoms with E-state index in [9.17, 15) is 8.78 Å². The standard InChI is InChI=1S/C11H12F2N2/c1-6-7(2-3-14)8-4-9(12)10(13)5-11(8)15-6/h4-5,15H,2-3,14H2,1H3. The van der Waals surface area contributed by atoms with E-state index in [1.54, 1.807) is 0 Å². The van der Waals surface area contributed by atoms with E-state index in [1.807, 2.05) is 6.92 Å². The molecule has 4 heteroatoms. The number of H-pyrrole nitrogens is 1. The van der Waals surface area contributed by atoms with Crippen LogP contribution in [0, 0.1) is 18.6 Å². The van der Waals surface area contributed by atoms with Gasteiger partial charge in [0, 0.05) is 22.7 Å². The van der Waals surface area contributed by atoms with Crippen molar-refractivity contribution in [1.29, 1.82) is 0 Å². The van der Waals surface area contributed by atoms with E-state index < -0.39 is 11.6 Å². The first-order valence-electron chi connectivity index (χ1n) is 4.79. The zero-order valence-corrected chi connectivity index (χ0v) is 8.40. The number of halogens is 2. The molecule has 1 aromatic heterocycles. The van der Waals surface area contributed by atoms with Gasteiger partial charge in [0.15, 0.2) is 11.6 Å². The van der Waals surface area contributed by atoms with Crippen LogP contribution in [0.2, 0.25) is 0 Å². The molecule has 0 saturated carbocycles. The molecular formula is C11H12F2N2. The number of aromatic amines is 1. The second kappa shape index (κ2) is 3.62. The average molecular weight is 210 g/mol. The van der Waals surface area contributed by atoms with E-state index in [4.69, 9.17) is 5.73 Å². The molecule has 2 aromatic rings. The van der Waals surface area contributed by atoms with Crippen LogP contribution in [0.3, 0.4) is 0 Å². The van der Waals surface area contributed by atoms with Gasteiger partial charge in [-0.15, -0.1) is 0 Å². The summed E-state index contributed by atoms with van der Waals surface area (Å²) in [5, 5.41) is 0.719. The lowest BCUT2D eigenvalue weighted by Gasteiger charge is -1.98. The van der Waals surface area contributed by atoms with Crippen molar-refractivity contribution in [2.75, 3.05) is 6.54 Å². The Morgan fingerprint density at radius 2 is 1.93 bits per heavy atom. The van der Waals surface area contributed by atoms with Crippen molar-refractivity contribution in [2.45, 2.75) is 13.3 Å². The highest BCUT2D eigenvalue weighted by molar-refractivity contribution is 5.84. The summed E-state index contributed by atoms with van der Waals surface area (Å²) in [5.74, 6) is -1.65. The number of aromatic nitrogens is 1. The molecule has 0 fully saturated rings. The van der Waals surface area contributed by atoms with E-state index >= 15 is 0 Å². The van der Waals surface area contributed by atoms with Gasteiger partial charge in [0.2, 0.25) is 0 Å². The average Bonchev–Trinajstić information content (AvgIpc) is 2.46. The Balaban J connectivity index is 2.70. The highest BCUT2D eigenvalue weighted by Crippen LogP contribution is 2.24. The van der Waals surface area contributed by atoms with Crippen LogP contribution in [0.1, 0.15) is 11.3 Å². The Labute approximate surface area is 86.1 Å². The maximum atomic E-state index is 13.1. The molecule has 0 radical (unpaired) electrons. The monoisotopic (exact) mass is 210 g/mol. The maximum absolute atomic E-state index is 13.1. The fourth-order valence-corrected chi connectivity index (χ4v) is 1.85. The van der Waals surface area contributed by atoms with E-state index in [-0.39, 0.29) is 0 Å². The third-order valence-electron chi connectivity index (χ3n) is 2.55. The summed E-state index contributed by atoms with van der Waals surface area (Å²) in [6.45, 7) is 2.37. The van der Waals surface area contributed by atoms with Gasteiger partial charge in [0.25, 0.3) is 0 Å². The molecule has 0 bridgehead atoms. The Morgan fingerprint density at radius 1 is 1.27 bits per heavy atom. The summed E-state index contributed by atoms with van der Waals surface area (Å²) in [6, 6.07) is 2.40. The van der Waals surface area contributed by atoms with Gasteiger partial charge in [-0.3, -0.25) is 0 Å². The van der Waals surface area contributed by atoms with Crippen LogP contribution in [0.5, 0.6) is 0 Å². The number of benzene rings is 1. The lowest BCUT2D eigenvalue weighted by Crippen LogP contribution is -2.03. The van der Waals surface area contributed by atoms with Crippen LogP contribution in [-0.4, -0.2) is 11.5 Å². The fourth-order valence-electron chi connectivity index (χ4n) is 1.85. The first kappa shape index (κ1) is 10.1. The van der Waals surface area contributed by atoms with Crippen LogP contribution in [-0.2, 0) is 6.42 Å². The SMILES string of the molecule is Cc1[nH]c2cc(F)c(F)cc2c1CCN.